The lowest BCUT2D eigenvalue weighted by molar-refractivity contribution is 0.0820. The van der Waals surface area contributed by atoms with Crippen LogP contribution in [0.1, 0.15) is 18.9 Å². The Bertz CT molecular complexity index is 600. The predicted octanol–water partition coefficient (Wildman–Crippen LogP) is 2.34. The molecular weight excluding hydrogens is 252 g/mol. The maximum atomic E-state index is 9.65. The summed E-state index contributed by atoms with van der Waals surface area (Å²) in [6.07, 6.45) is 1.18. The fraction of sp³-hybridized carbons (Fsp3) is 0.438. The molecule has 106 valence electrons. The molecule has 0 amide bonds. The fourth-order valence-electron chi connectivity index (χ4n) is 2.73. The van der Waals surface area contributed by atoms with E-state index in [1.165, 1.54) is 0 Å². The minimum Gasteiger partial charge on any atom is -0.392 e. The number of anilines is 1. The Labute approximate surface area is 119 Å². The van der Waals surface area contributed by atoms with Gasteiger partial charge >= 0.3 is 0 Å². The molecule has 1 aromatic heterocycles. The Morgan fingerprint density at radius 2 is 2.25 bits per heavy atom. The molecule has 0 spiro atoms. The van der Waals surface area contributed by atoms with Gasteiger partial charge in [-0.15, -0.1) is 0 Å². The highest BCUT2D eigenvalue weighted by atomic mass is 16.5. The number of hydrogen-bond acceptors (Lipinski definition) is 4. The average molecular weight is 272 g/mol. The van der Waals surface area contributed by atoms with E-state index >= 15 is 0 Å². The van der Waals surface area contributed by atoms with Gasteiger partial charge in [0.2, 0.25) is 0 Å². The van der Waals surface area contributed by atoms with Crippen LogP contribution in [0.25, 0.3) is 10.9 Å². The zero-order chi connectivity index (χ0) is 13.9. The lowest BCUT2D eigenvalue weighted by atomic mass is 10.1. The Morgan fingerprint density at radius 3 is 3.10 bits per heavy atom. The van der Waals surface area contributed by atoms with Gasteiger partial charge in [-0.2, -0.15) is 0 Å². The van der Waals surface area contributed by atoms with Gasteiger partial charge in [0, 0.05) is 30.6 Å². The molecule has 1 aliphatic heterocycles. The Morgan fingerprint density at radius 1 is 1.40 bits per heavy atom. The molecule has 4 heteroatoms. The lowest BCUT2D eigenvalue weighted by Crippen LogP contribution is -2.31. The van der Waals surface area contributed by atoms with Crippen LogP contribution in [0.15, 0.2) is 30.3 Å². The van der Waals surface area contributed by atoms with Gasteiger partial charge in [0.05, 0.1) is 18.2 Å². The van der Waals surface area contributed by atoms with E-state index in [0.29, 0.717) is 0 Å². The number of aliphatic hydroxyl groups is 1. The summed E-state index contributed by atoms with van der Waals surface area (Å²) in [4.78, 5) is 6.99. The third-order valence-corrected chi connectivity index (χ3v) is 3.70. The van der Waals surface area contributed by atoms with Crippen LogP contribution in [0, 0.1) is 0 Å². The number of aliphatic hydroxyl groups excluding tert-OH is 1. The quantitative estimate of drug-likeness (QED) is 0.911. The predicted molar refractivity (Wildman–Crippen MR) is 79.9 cm³/mol. The summed E-state index contributed by atoms with van der Waals surface area (Å²) in [6, 6.07) is 10.1. The molecular formula is C16H20N2O2. The lowest BCUT2D eigenvalue weighted by Gasteiger charge is -2.25. The maximum absolute atomic E-state index is 9.65. The Hall–Kier alpha value is -1.65. The van der Waals surface area contributed by atoms with E-state index < -0.39 is 0 Å². The summed E-state index contributed by atoms with van der Waals surface area (Å²) in [5.74, 6) is 0.892. The van der Waals surface area contributed by atoms with Crippen molar-refractivity contribution in [3.63, 3.8) is 0 Å². The molecule has 0 radical (unpaired) electrons. The highest BCUT2D eigenvalue weighted by molar-refractivity contribution is 5.81. The number of pyridine rings is 1. The van der Waals surface area contributed by atoms with Crippen molar-refractivity contribution in [2.24, 2.45) is 0 Å². The summed E-state index contributed by atoms with van der Waals surface area (Å²) in [7, 11) is 0. The second-order valence-corrected chi connectivity index (χ2v) is 5.30. The first-order valence-electron chi connectivity index (χ1n) is 7.14. The van der Waals surface area contributed by atoms with E-state index in [1.807, 2.05) is 30.3 Å². The topological polar surface area (TPSA) is 45.6 Å². The number of nitrogens with zero attached hydrogens (tertiary/aromatic N) is 2. The molecule has 1 atom stereocenters. The van der Waals surface area contributed by atoms with Crippen LogP contribution in [0.3, 0.4) is 0 Å². The number of fused-ring (bicyclic) bond motifs is 1. The molecule has 4 nitrogen and oxygen atoms in total. The number of hydrogen-bond donors (Lipinski definition) is 1. The Balaban J connectivity index is 2.04. The van der Waals surface area contributed by atoms with E-state index in [9.17, 15) is 5.11 Å². The average Bonchev–Trinajstić information content (AvgIpc) is 2.70. The number of para-hydroxylation sites is 1. The number of aromatic nitrogens is 1. The molecule has 20 heavy (non-hydrogen) atoms. The zero-order valence-corrected chi connectivity index (χ0v) is 11.7. The van der Waals surface area contributed by atoms with E-state index in [0.717, 1.165) is 48.4 Å². The van der Waals surface area contributed by atoms with E-state index in [2.05, 4.69) is 11.8 Å². The van der Waals surface area contributed by atoms with Crippen molar-refractivity contribution in [1.29, 1.82) is 0 Å². The SMILES string of the molecule is CC1CN(c2nc3ccccc3cc2CO)CCCO1. The smallest absolute Gasteiger partial charge is 0.134 e. The maximum Gasteiger partial charge on any atom is 0.134 e. The molecule has 0 aliphatic carbocycles. The molecule has 0 bridgehead atoms. The monoisotopic (exact) mass is 272 g/mol. The second-order valence-electron chi connectivity index (χ2n) is 5.30. The highest BCUT2D eigenvalue weighted by Gasteiger charge is 2.19. The van der Waals surface area contributed by atoms with E-state index in [1.54, 1.807) is 0 Å². The minimum atomic E-state index is 0.0128. The largest absolute Gasteiger partial charge is 0.392 e. The third-order valence-electron chi connectivity index (χ3n) is 3.70. The van der Waals surface area contributed by atoms with Crippen molar-refractivity contribution < 1.29 is 9.84 Å². The summed E-state index contributed by atoms with van der Waals surface area (Å²) in [6.45, 7) is 4.62. The molecule has 2 aromatic rings. The molecule has 1 saturated heterocycles. The van der Waals surface area contributed by atoms with Crippen LogP contribution >= 0.6 is 0 Å². The fourth-order valence-corrected chi connectivity index (χ4v) is 2.73. The second kappa shape index (κ2) is 5.77. The first-order valence-corrected chi connectivity index (χ1v) is 7.14. The van der Waals surface area contributed by atoms with E-state index in [4.69, 9.17) is 9.72 Å². The van der Waals surface area contributed by atoms with E-state index in [-0.39, 0.29) is 12.7 Å². The van der Waals surface area contributed by atoms with Gasteiger partial charge in [-0.3, -0.25) is 0 Å². The van der Waals surface area contributed by atoms with Crippen LogP contribution in [0.4, 0.5) is 5.82 Å². The first kappa shape index (κ1) is 13.3. The molecule has 1 fully saturated rings. The van der Waals surface area contributed by atoms with Crippen molar-refractivity contribution in [3.05, 3.63) is 35.9 Å². The third kappa shape index (κ3) is 2.62. The summed E-state index contributed by atoms with van der Waals surface area (Å²) < 4.78 is 5.68. The Kier molecular flexibility index (Phi) is 3.85. The molecule has 1 unspecified atom stereocenters. The van der Waals surface area contributed by atoms with Crippen LogP contribution in [0.5, 0.6) is 0 Å². The van der Waals surface area contributed by atoms with Crippen molar-refractivity contribution in [1.82, 2.24) is 4.98 Å². The summed E-state index contributed by atoms with van der Waals surface area (Å²) in [5, 5.41) is 10.7. The van der Waals surface area contributed by atoms with Crippen molar-refractivity contribution >= 4 is 16.7 Å². The van der Waals surface area contributed by atoms with Gasteiger partial charge in [-0.1, -0.05) is 18.2 Å². The number of benzene rings is 1. The van der Waals surface area contributed by atoms with Gasteiger partial charge < -0.3 is 14.7 Å². The molecule has 3 rings (SSSR count). The highest BCUT2D eigenvalue weighted by Crippen LogP contribution is 2.25. The molecule has 1 aromatic carbocycles. The van der Waals surface area contributed by atoms with Crippen LogP contribution in [-0.4, -0.2) is 35.9 Å². The molecule has 1 N–H and O–H groups in total. The van der Waals surface area contributed by atoms with Gasteiger partial charge in [-0.05, 0) is 25.5 Å². The van der Waals surface area contributed by atoms with Crippen molar-refractivity contribution in [2.45, 2.75) is 26.1 Å². The van der Waals surface area contributed by atoms with Gasteiger partial charge in [0.15, 0.2) is 0 Å². The molecule has 0 saturated carbocycles. The van der Waals surface area contributed by atoms with Crippen LogP contribution in [-0.2, 0) is 11.3 Å². The summed E-state index contributed by atoms with van der Waals surface area (Å²) >= 11 is 0. The minimum absolute atomic E-state index is 0.0128. The normalized spacial score (nSPS) is 20.1. The van der Waals surface area contributed by atoms with Crippen molar-refractivity contribution in [3.8, 4) is 0 Å². The summed E-state index contributed by atoms with van der Waals surface area (Å²) in [5.41, 5.74) is 1.86. The molecule has 2 heterocycles. The molecule has 1 aliphatic rings. The van der Waals surface area contributed by atoms with Crippen LogP contribution in [0.2, 0.25) is 0 Å². The van der Waals surface area contributed by atoms with Crippen molar-refractivity contribution in [2.75, 3.05) is 24.6 Å². The van der Waals surface area contributed by atoms with Crippen LogP contribution < -0.4 is 4.90 Å². The number of ether oxygens (including phenoxy) is 1. The first-order chi connectivity index (χ1) is 9.78. The standard InChI is InChI=1S/C16H20N2O2/c1-12-10-18(7-4-8-20-12)16-14(11-19)9-13-5-2-3-6-15(13)17-16/h2-3,5-6,9,12,19H,4,7-8,10-11H2,1H3. The number of rotatable bonds is 2. The van der Waals surface area contributed by atoms with Gasteiger partial charge in [0.1, 0.15) is 5.82 Å². The zero-order valence-electron chi connectivity index (χ0n) is 11.7. The van der Waals surface area contributed by atoms with Gasteiger partial charge in [-0.25, -0.2) is 4.98 Å². The van der Waals surface area contributed by atoms with Gasteiger partial charge in [0.25, 0.3) is 0 Å².